The highest BCUT2D eigenvalue weighted by Crippen LogP contribution is 2.45. The van der Waals surface area contributed by atoms with E-state index in [2.05, 4.69) is 24.3 Å². The molecule has 0 heterocycles. The number of hydrogen-bond acceptors (Lipinski definition) is 2. The molecule has 0 amide bonds. The Morgan fingerprint density at radius 3 is 1.74 bits per heavy atom. The summed E-state index contributed by atoms with van der Waals surface area (Å²) in [6, 6.07) is 37.6. The number of halogens is 1. The van der Waals surface area contributed by atoms with Gasteiger partial charge in [-0.15, -0.1) is 0 Å². The van der Waals surface area contributed by atoms with Crippen LogP contribution < -0.4 is 15.9 Å². The number of carbonyl (C=O) groups excluding carboxylic acids is 1. The van der Waals surface area contributed by atoms with Gasteiger partial charge in [-0.2, -0.15) is 0 Å². The molecular formula is C27H22ClO2P. The molecule has 0 fully saturated rings. The zero-order valence-electron chi connectivity index (χ0n) is 16.9. The number of rotatable bonds is 6. The van der Waals surface area contributed by atoms with Crippen molar-refractivity contribution >= 4 is 45.6 Å². The van der Waals surface area contributed by atoms with E-state index < -0.39 is 6.89 Å². The third-order valence-corrected chi connectivity index (χ3v) is 9.74. The molecule has 0 radical (unpaired) electrons. The molecule has 4 rings (SSSR count). The Hall–Kier alpha value is -3.06. The fraction of sp³-hybridized carbons (Fsp3) is 0.0370. The molecule has 0 atom stereocenters. The SMILES string of the molecule is O=C(OCc1ccccc1)c1ccccc1P(=CCl)(c1ccccc1)c1ccccc1. The van der Waals surface area contributed by atoms with E-state index in [1.165, 1.54) is 0 Å². The molecule has 0 unspecified atom stereocenters. The minimum atomic E-state index is -2.38. The Morgan fingerprint density at radius 2 is 1.19 bits per heavy atom. The van der Waals surface area contributed by atoms with E-state index in [0.717, 1.165) is 21.5 Å². The molecule has 0 aromatic heterocycles. The van der Waals surface area contributed by atoms with E-state index in [1.54, 1.807) is 5.26 Å². The third-order valence-electron chi connectivity index (χ3n) is 5.19. The van der Waals surface area contributed by atoms with Crippen molar-refractivity contribution in [3.8, 4) is 0 Å². The maximum atomic E-state index is 13.2. The molecule has 31 heavy (non-hydrogen) atoms. The molecule has 0 saturated carbocycles. The first-order chi connectivity index (χ1) is 15.3. The topological polar surface area (TPSA) is 26.3 Å². The lowest BCUT2D eigenvalue weighted by molar-refractivity contribution is 0.0474. The van der Waals surface area contributed by atoms with E-state index in [0.29, 0.717) is 5.56 Å². The first kappa shape index (κ1) is 21.2. The lowest BCUT2D eigenvalue weighted by Gasteiger charge is -2.29. The van der Waals surface area contributed by atoms with Gasteiger partial charge in [0.1, 0.15) is 6.61 Å². The second-order valence-corrected chi connectivity index (χ2v) is 10.8. The van der Waals surface area contributed by atoms with E-state index in [4.69, 9.17) is 16.3 Å². The zero-order chi connectivity index (χ0) is 21.5. The van der Waals surface area contributed by atoms with Crippen LogP contribution in [0.5, 0.6) is 0 Å². The van der Waals surface area contributed by atoms with E-state index in [-0.39, 0.29) is 12.6 Å². The molecule has 4 heteroatoms. The van der Waals surface area contributed by atoms with Crippen LogP contribution in [-0.2, 0) is 11.3 Å². The van der Waals surface area contributed by atoms with Crippen molar-refractivity contribution in [3.05, 3.63) is 126 Å². The van der Waals surface area contributed by atoms with Crippen molar-refractivity contribution in [2.24, 2.45) is 0 Å². The molecule has 2 nitrogen and oxygen atoms in total. The monoisotopic (exact) mass is 444 g/mol. The van der Waals surface area contributed by atoms with E-state index in [9.17, 15) is 4.79 Å². The van der Waals surface area contributed by atoms with Gasteiger partial charge in [-0.3, -0.25) is 0 Å². The number of hydrogen-bond donors (Lipinski definition) is 0. The van der Waals surface area contributed by atoms with Gasteiger partial charge < -0.3 is 4.74 Å². The first-order valence-corrected chi connectivity index (χ1v) is 12.3. The molecule has 0 N–H and O–H groups in total. The normalized spacial score (nSPS) is 11.0. The summed E-state index contributed by atoms with van der Waals surface area (Å²) in [5.74, 6) is -0.353. The molecule has 0 bridgehead atoms. The maximum absolute atomic E-state index is 13.2. The molecule has 4 aromatic rings. The Labute approximate surface area is 188 Å². The molecule has 154 valence electrons. The van der Waals surface area contributed by atoms with Crippen molar-refractivity contribution in [1.82, 2.24) is 0 Å². The van der Waals surface area contributed by atoms with Crippen LogP contribution >= 0.6 is 18.5 Å². The fourth-order valence-corrected chi connectivity index (χ4v) is 8.00. The number of benzene rings is 4. The maximum Gasteiger partial charge on any atom is 0.339 e. The summed E-state index contributed by atoms with van der Waals surface area (Å²) < 4.78 is 5.69. The molecule has 0 saturated heterocycles. The van der Waals surface area contributed by atoms with Crippen LogP contribution in [0.3, 0.4) is 0 Å². The van der Waals surface area contributed by atoms with Gasteiger partial charge in [-0.25, -0.2) is 4.79 Å². The minimum absolute atomic E-state index is 0.223. The van der Waals surface area contributed by atoms with Crippen LogP contribution in [0.2, 0.25) is 0 Å². The summed E-state index contributed by atoms with van der Waals surface area (Å²) in [6.45, 7) is -2.16. The minimum Gasteiger partial charge on any atom is -0.457 e. The largest absolute Gasteiger partial charge is 0.457 e. The Bertz CT molecular complexity index is 1160. The van der Waals surface area contributed by atoms with Gasteiger partial charge in [0.25, 0.3) is 0 Å². The summed E-state index contributed by atoms with van der Waals surface area (Å²) in [5.41, 5.74) is 1.49. The molecule has 0 aliphatic carbocycles. The molecule has 0 spiro atoms. The standard InChI is InChI=1S/C27H22ClO2P/c28-21-31(23-14-6-2-7-15-23,24-16-8-3-9-17-24)26-19-11-10-18-25(26)27(29)30-20-22-12-4-1-5-13-22/h1-19,21H,20H2. The Morgan fingerprint density at radius 1 is 0.710 bits per heavy atom. The smallest absolute Gasteiger partial charge is 0.339 e. The quantitative estimate of drug-likeness (QED) is 0.296. The lowest BCUT2D eigenvalue weighted by Crippen LogP contribution is -2.30. The Balaban J connectivity index is 1.83. The second kappa shape index (κ2) is 9.83. The van der Waals surface area contributed by atoms with Crippen molar-refractivity contribution in [3.63, 3.8) is 0 Å². The predicted octanol–water partition coefficient (Wildman–Crippen LogP) is 5.34. The highest BCUT2D eigenvalue weighted by atomic mass is 35.5. The Kier molecular flexibility index (Phi) is 6.72. The van der Waals surface area contributed by atoms with Crippen LogP contribution in [0, 0.1) is 0 Å². The summed E-state index contributed by atoms with van der Waals surface area (Å²) in [5, 5.41) is 4.81. The molecule has 4 aromatic carbocycles. The first-order valence-electron chi connectivity index (χ1n) is 10.0. The van der Waals surface area contributed by atoms with Crippen LogP contribution in [0.4, 0.5) is 0 Å². The van der Waals surface area contributed by atoms with E-state index >= 15 is 0 Å². The average Bonchev–Trinajstić information content (AvgIpc) is 2.86. The number of ether oxygens (including phenoxy) is 1. The van der Waals surface area contributed by atoms with Crippen LogP contribution in [0.25, 0.3) is 0 Å². The number of esters is 1. The molecule has 0 aliphatic rings. The van der Waals surface area contributed by atoms with Gasteiger partial charge in [0, 0.05) is 5.26 Å². The molecule has 0 aliphatic heterocycles. The number of carbonyl (C=O) groups is 1. The summed E-state index contributed by atoms with van der Waals surface area (Å²) in [7, 11) is 0. The van der Waals surface area contributed by atoms with Gasteiger partial charge >= 0.3 is 5.97 Å². The van der Waals surface area contributed by atoms with Gasteiger partial charge in [-0.1, -0.05) is 121 Å². The van der Waals surface area contributed by atoms with E-state index in [1.807, 2.05) is 91.0 Å². The lowest BCUT2D eigenvalue weighted by atomic mass is 10.2. The van der Waals surface area contributed by atoms with Crippen molar-refractivity contribution < 1.29 is 9.53 Å². The van der Waals surface area contributed by atoms with Crippen LogP contribution in [-0.4, -0.2) is 11.2 Å². The highest BCUT2D eigenvalue weighted by Gasteiger charge is 2.29. The zero-order valence-corrected chi connectivity index (χ0v) is 18.5. The fourth-order valence-electron chi connectivity index (χ4n) is 3.67. The van der Waals surface area contributed by atoms with Crippen LogP contribution in [0.1, 0.15) is 15.9 Å². The average molecular weight is 445 g/mol. The predicted molar refractivity (Wildman–Crippen MR) is 133 cm³/mol. The summed E-state index contributed by atoms with van der Waals surface area (Å²) in [6.07, 6.45) is 0. The second-order valence-electron chi connectivity index (χ2n) is 7.07. The van der Waals surface area contributed by atoms with Crippen molar-refractivity contribution in [2.45, 2.75) is 6.61 Å². The summed E-state index contributed by atoms with van der Waals surface area (Å²) in [4.78, 5) is 13.2. The van der Waals surface area contributed by atoms with Gasteiger partial charge in [0.05, 0.1) is 5.56 Å². The van der Waals surface area contributed by atoms with Gasteiger partial charge in [-0.05, 0) is 34.4 Å². The van der Waals surface area contributed by atoms with Gasteiger partial charge in [0.15, 0.2) is 0 Å². The molecular weight excluding hydrogens is 423 g/mol. The highest BCUT2D eigenvalue weighted by molar-refractivity contribution is 7.96. The third kappa shape index (κ3) is 4.37. The summed E-state index contributed by atoms with van der Waals surface area (Å²) >= 11 is 6.65. The van der Waals surface area contributed by atoms with Gasteiger partial charge in [0.2, 0.25) is 0 Å². The van der Waals surface area contributed by atoms with Crippen molar-refractivity contribution in [2.75, 3.05) is 0 Å². The van der Waals surface area contributed by atoms with Crippen molar-refractivity contribution in [1.29, 1.82) is 0 Å². The van der Waals surface area contributed by atoms with Crippen LogP contribution in [0.15, 0.2) is 115 Å².